The quantitative estimate of drug-likeness (QED) is 0.665. The van der Waals surface area contributed by atoms with Crippen LogP contribution in [0.2, 0.25) is 0 Å². The van der Waals surface area contributed by atoms with Crippen molar-refractivity contribution in [3.8, 4) is 0 Å². The first-order chi connectivity index (χ1) is 17.5. The van der Waals surface area contributed by atoms with E-state index in [-0.39, 0.29) is 11.8 Å². The average Bonchev–Trinajstić information content (AvgIpc) is 3.01. The fraction of sp³-hybridized carbons (Fsp3) is 0.464. The van der Waals surface area contributed by atoms with Crippen LogP contribution in [0.15, 0.2) is 53.5 Å². The molecule has 1 aliphatic carbocycles. The van der Waals surface area contributed by atoms with E-state index >= 15 is 0 Å². The first-order valence-electron chi connectivity index (χ1n) is 13.0. The Morgan fingerprint density at radius 3 is 2.67 bits per heavy atom. The van der Waals surface area contributed by atoms with E-state index in [1.807, 2.05) is 42.5 Å². The zero-order valence-electron chi connectivity index (χ0n) is 20.9. The van der Waals surface area contributed by atoms with Crippen LogP contribution < -0.4 is 15.5 Å². The van der Waals surface area contributed by atoms with E-state index in [0.717, 1.165) is 81.8 Å². The molecule has 8 nitrogen and oxygen atoms in total. The van der Waals surface area contributed by atoms with Crippen molar-refractivity contribution in [2.75, 3.05) is 43.6 Å². The third-order valence-electron chi connectivity index (χ3n) is 7.53. The SMILES string of the molecule is CN1C(=O)C(NC(=O)Nc2cccc(CN3CCOCC3)c2)(C2CCCCC2)N=Cc2ccccc21. The van der Waals surface area contributed by atoms with Gasteiger partial charge in [0.1, 0.15) is 0 Å². The maximum Gasteiger partial charge on any atom is 0.321 e. The fourth-order valence-corrected chi connectivity index (χ4v) is 5.58. The van der Waals surface area contributed by atoms with Crippen LogP contribution in [-0.2, 0) is 16.1 Å². The van der Waals surface area contributed by atoms with Gasteiger partial charge in [0.05, 0.1) is 18.9 Å². The van der Waals surface area contributed by atoms with E-state index in [4.69, 9.17) is 9.73 Å². The Hall–Kier alpha value is -3.23. The molecule has 1 unspecified atom stereocenters. The largest absolute Gasteiger partial charge is 0.379 e. The number of likely N-dealkylation sites (N-methyl/N-ethyl adjacent to an activating group) is 1. The molecule has 3 aliphatic rings. The molecule has 0 spiro atoms. The molecule has 2 aromatic rings. The number of para-hydroxylation sites is 1. The Kier molecular flexibility index (Phi) is 7.34. The molecule has 1 saturated heterocycles. The second-order valence-electron chi connectivity index (χ2n) is 9.95. The highest BCUT2D eigenvalue weighted by Crippen LogP contribution is 2.38. The lowest BCUT2D eigenvalue weighted by molar-refractivity contribution is -0.126. The molecule has 0 aromatic heterocycles. The van der Waals surface area contributed by atoms with Gasteiger partial charge in [-0.2, -0.15) is 0 Å². The highest BCUT2D eigenvalue weighted by Gasteiger charge is 2.49. The number of benzene rings is 2. The number of morpholine rings is 1. The normalized spacial score (nSPS) is 23.1. The number of anilines is 2. The molecule has 0 radical (unpaired) electrons. The molecule has 2 N–H and O–H groups in total. The number of carbonyl (C=O) groups is 2. The minimum absolute atomic E-state index is 0.0647. The monoisotopic (exact) mass is 489 g/mol. The number of hydrogen-bond acceptors (Lipinski definition) is 5. The lowest BCUT2D eigenvalue weighted by atomic mass is 9.79. The van der Waals surface area contributed by atoms with Crippen molar-refractivity contribution in [1.29, 1.82) is 0 Å². The molecule has 36 heavy (non-hydrogen) atoms. The molecule has 1 saturated carbocycles. The van der Waals surface area contributed by atoms with Gasteiger partial charge in [0.15, 0.2) is 0 Å². The Morgan fingerprint density at radius 2 is 1.86 bits per heavy atom. The standard InChI is InChI=1S/C28H35N5O3/c1-32-25-13-6-5-9-22(25)19-29-28(26(32)34,23-10-3-2-4-11-23)31-27(35)30-24-12-7-8-21(18-24)20-33-14-16-36-17-15-33/h5-9,12-13,18-19,23H,2-4,10-11,14-17,20H2,1H3,(H2,30,31,35). The molecular weight excluding hydrogens is 454 g/mol. The van der Waals surface area contributed by atoms with E-state index < -0.39 is 11.7 Å². The smallest absolute Gasteiger partial charge is 0.321 e. The van der Waals surface area contributed by atoms with Gasteiger partial charge in [0.2, 0.25) is 5.66 Å². The van der Waals surface area contributed by atoms with Crippen LogP contribution >= 0.6 is 0 Å². The number of amides is 3. The molecule has 2 aliphatic heterocycles. The number of nitrogens with one attached hydrogen (secondary N) is 2. The van der Waals surface area contributed by atoms with Gasteiger partial charge in [-0.25, -0.2) is 4.79 Å². The van der Waals surface area contributed by atoms with Crippen molar-refractivity contribution in [2.45, 2.75) is 44.3 Å². The van der Waals surface area contributed by atoms with Crippen LogP contribution in [0.4, 0.5) is 16.2 Å². The van der Waals surface area contributed by atoms with Gasteiger partial charge < -0.3 is 20.3 Å². The van der Waals surface area contributed by atoms with Gasteiger partial charge in [-0.3, -0.25) is 14.7 Å². The van der Waals surface area contributed by atoms with Gasteiger partial charge in [0.25, 0.3) is 5.91 Å². The summed E-state index contributed by atoms with van der Waals surface area (Å²) in [6.45, 7) is 4.10. The molecule has 8 heteroatoms. The third kappa shape index (κ3) is 5.15. The molecular formula is C28H35N5O3. The van der Waals surface area contributed by atoms with Gasteiger partial charge >= 0.3 is 6.03 Å². The number of rotatable bonds is 5. The number of nitrogens with zero attached hydrogens (tertiary/aromatic N) is 3. The highest BCUT2D eigenvalue weighted by molar-refractivity contribution is 6.09. The van der Waals surface area contributed by atoms with Gasteiger partial charge in [-0.05, 0) is 36.6 Å². The van der Waals surface area contributed by atoms with E-state index in [0.29, 0.717) is 5.69 Å². The van der Waals surface area contributed by atoms with Crippen LogP contribution in [0.3, 0.4) is 0 Å². The summed E-state index contributed by atoms with van der Waals surface area (Å²) in [5, 5.41) is 6.01. The summed E-state index contributed by atoms with van der Waals surface area (Å²) in [7, 11) is 1.77. The Morgan fingerprint density at radius 1 is 1.08 bits per heavy atom. The second-order valence-corrected chi connectivity index (χ2v) is 9.95. The summed E-state index contributed by atoms with van der Waals surface area (Å²) in [4.78, 5) is 36.1. The van der Waals surface area contributed by atoms with Crippen molar-refractivity contribution >= 4 is 29.5 Å². The topological polar surface area (TPSA) is 86.3 Å². The first kappa shape index (κ1) is 24.5. The van der Waals surface area contributed by atoms with Crippen LogP contribution in [0.1, 0.15) is 43.2 Å². The van der Waals surface area contributed by atoms with E-state index in [9.17, 15) is 9.59 Å². The lowest BCUT2D eigenvalue weighted by Gasteiger charge is -2.40. The average molecular weight is 490 g/mol. The van der Waals surface area contributed by atoms with Gasteiger partial charge in [0, 0.05) is 50.1 Å². The predicted octanol–water partition coefficient (Wildman–Crippen LogP) is 4.01. The molecule has 190 valence electrons. The van der Waals surface area contributed by atoms with Crippen LogP contribution in [0, 0.1) is 5.92 Å². The maximum absolute atomic E-state index is 13.9. The number of fused-ring (bicyclic) bond motifs is 1. The summed E-state index contributed by atoms with van der Waals surface area (Å²) in [6, 6.07) is 15.1. The van der Waals surface area contributed by atoms with Crippen molar-refractivity contribution in [3.63, 3.8) is 0 Å². The zero-order valence-corrected chi connectivity index (χ0v) is 20.9. The van der Waals surface area contributed by atoms with Crippen LogP contribution in [0.5, 0.6) is 0 Å². The van der Waals surface area contributed by atoms with Crippen molar-refractivity contribution in [1.82, 2.24) is 10.2 Å². The predicted molar refractivity (Wildman–Crippen MR) is 141 cm³/mol. The zero-order chi connectivity index (χ0) is 25.0. The number of carbonyl (C=O) groups excluding carboxylic acids is 2. The number of aliphatic imine (C=N–C) groups is 1. The van der Waals surface area contributed by atoms with Crippen molar-refractivity contribution in [3.05, 3.63) is 59.7 Å². The number of urea groups is 1. The molecule has 3 amide bonds. The summed E-state index contributed by atoms with van der Waals surface area (Å²) >= 11 is 0. The number of benzodiazepines with no additional fused rings is 1. The summed E-state index contributed by atoms with van der Waals surface area (Å²) in [5.41, 5.74) is 2.13. The molecule has 1 atom stereocenters. The Bertz CT molecular complexity index is 1120. The molecule has 5 rings (SSSR count). The van der Waals surface area contributed by atoms with Gasteiger partial charge in [-0.1, -0.05) is 49.6 Å². The van der Waals surface area contributed by atoms with E-state index in [2.05, 4.69) is 21.6 Å². The lowest BCUT2D eigenvalue weighted by Crippen LogP contribution is -2.63. The molecule has 2 fully saturated rings. The van der Waals surface area contributed by atoms with E-state index in [1.165, 1.54) is 0 Å². The molecule has 0 bridgehead atoms. The van der Waals surface area contributed by atoms with E-state index in [1.54, 1.807) is 18.2 Å². The summed E-state index contributed by atoms with van der Waals surface area (Å²) < 4.78 is 5.44. The first-order valence-corrected chi connectivity index (χ1v) is 13.0. The Labute approximate surface area is 212 Å². The van der Waals surface area contributed by atoms with Crippen molar-refractivity contribution in [2.24, 2.45) is 10.9 Å². The van der Waals surface area contributed by atoms with Crippen molar-refractivity contribution < 1.29 is 14.3 Å². The minimum Gasteiger partial charge on any atom is -0.379 e. The highest BCUT2D eigenvalue weighted by atomic mass is 16.5. The minimum atomic E-state index is -1.34. The summed E-state index contributed by atoms with van der Waals surface area (Å²) in [6.07, 6.45) is 6.64. The second kappa shape index (κ2) is 10.8. The Balaban J connectivity index is 1.37. The maximum atomic E-state index is 13.9. The summed E-state index contributed by atoms with van der Waals surface area (Å²) in [5.74, 6) is -0.267. The number of ether oxygens (including phenoxy) is 1. The molecule has 2 aromatic carbocycles. The third-order valence-corrected chi connectivity index (χ3v) is 7.53. The van der Waals surface area contributed by atoms with Gasteiger partial charge in [-0.15, -0.1) is 0 Å². The fourth-order valence-electron chi connectivity index (χ4n) is 5.58. The molecule has 2 heterocycles. The van der Waals surface area contributed by atoms with Crippen LogP contribution in [0.25, 0.3) is 0 Å². The number of hydrogen-bond donors (Lipinski definition) is 2. The van der Waals surface area contributed by atoms with Crippen LogP contribution in [-0.4, -0.2) is 62.1 Å².